The minimum atomic E-state index is -0.375. The summed E-state index contributed by atoms with van der Waals surface area (Å²) >= 11 is 0. The smallest absolute Gasteiger partial charge is 0.321 e. The summed E-state index contributed by atoms with van der Waals surface area (Å²) in [4.78, 5) is 25.5. The molecule has 3 amide bonds. The molecule has 1 saturated carbocycles. The third-order valence-corrected chi connectivity index (χ3v) is 4.19. The first-order valence-electron chi connectivity index (χ1n) is 7.61. The van der Waals surface area contributed by atoms with Crippen molar-refractivity contribution in [2.45, 2.75) is 44.6 Å². The first kappa shape index (κ1) is 15.3. The Morgan fingerprint density at radius 1 is 1.15 bits per heavy atom. The molecule has 20 heavy (non-hydrogen) atoms. The van der Waals surface area contributed by atoms with E-state index in [9.17, 15) is 9.59 Å². The van der Waals surface area contributed by atoms with Crippen LogP contribution in [0.25, 0.3) is 0 Å². The van der Waals surface area contributed by atoms with E-state index in [1.165, 1.54) is 6.42 Å². The molecular formula is C14H25N3O3. The number of imide groups is 1. The second-order valence-electron chi connectivity index (χ2n) is 5.93. The predicted molar refractivity (Wildman–Crippen MR) is 75.2 cm³/mol. The van der Waals surface area contributed by atoms with Crippen molar-refractivity contribution in [2.75, 3.05) is 26.2 Å². The average Bonchev–Trinajstić information content (AvgIpc) is 2.87. The van der Waals surface area contributed by atoms with Crippen molar-refractivity contribution in [3.8, 4) is 0 Å². The Kier molecular flexibility index (Phi) is 5.79. The van der Waals surface area contributed by atoms with Crippen molar-refractivity contribution < 1.29 is 14.7 Å². The van der Waals surface area contributed by atoms with Gasteiger partial charge >= 0.3 is 6.03 Å². The molecule has 0 aromatic carbocycles. The van der Waals surface area contributed by atoms with E-state index >= 15 is 0 Å². The minimum absolute atomic E-state index is 0.167. The summed E-state index contributed by atoms with van der Waals surface area (Å²) in [6, 6.07) is -0.165. The molecule has 2 rings (SSSR count). The van der Waals surface area contributed by atoms with E-state index in [1.54, 1.807) is 0 Å². The topological polar surface area (TPSA) is 81.7 Å². The summed E-state index contributed by atoms with van der Waals surface area (Å²) < 4.78 is 0. The molecule has 114 valence electrons. The van der Waals surface area contributed by atoms with E-state index in [1.807, 2.05) is 4.90 Å². The van der Waals surface area contributed by atoms with Crippen LogP contribution in [0.1, 0.15) is 38.5 Å². The molecule has 0 bridgehead atoms. The zero-order chi connectivity index (χ0) is 14.4. The molecule has 3 N–H and O–H groups in total. The highest BCUT2D eigenvalue weighted by atomic mass is 16.3. The van der Waals surface area contributed by atoms with Crippen LogP contribution in [0.4, 0.5) is 4.79 Å². The van der Waals surface area contributed by atoms with Crippen molar-refractivity contribution in [1.29, 1.82) is 0 Å². The van der Waals surface area contributed by atoms with Gasteiger partial charge in [0.05, 0.1) is 6.54 Å². The molecule has 1 heterocycles. The number of carbonyl (C=O) groups excluding carboxylic acids is 2. The molecule has 2 aliphatic rings. The van der Waals surface area contributed by atoms with Gasteiger partial charge in [-0.1, -0.05) is 19.3 Å². The fourth-order valence-electron chi connectivity index (χ4n) is 3.04. The van der Waals surface area contributed by atoms with Gasteiger partial charge in [-0.25, -0.2) is 4.79 Å². The van der Waals surface area contributed by atoms with Crippen LogP contribution in [0, 0.1) is 5.92 Å². The number of nitrogens with one attached hydrogen (secondary N) is 2. The van der Waals surface area contributed by atoms with Crippen LogP contribution in [0.15, 0.2) is 0 Å². The zero-order valence-corrected chi connectivity index (χ0v) is 11.9. The maximum atomic E-state index is 11.8. The molecular weight excluding hydrogens is 258 g/mol. The van der Waals surface area contributed by atoms with E-state index in [0.29, 0.717) is 0 Å². The largest absolute Gasteiger partial charge is 0.396 e. The van der Waals surface area contributed by atoms with Crippen LogP contribution in [-0.2, 0) is 4.79 Å². The lowest BCUT2D eigenvalue weighted by molar-refractivity contribution is -0.121. The molecule has 1 atom stereocenters. The monoisotopic (exact) mass is 283 g/mol. The highest BCUT2D eigenvalue weighted by Crippen LogP contribution is 2.17. The zero-order valence-electron chi connectivity index (χ0n) is 11.9. The normalized spacial score (nSPS) is 24.6. The van der Waals surface area contributed by atoms with Gasteiger partial charge in [0.15, 0.2) is 0 Å². The molecule has 1 unspecified atom stereocenters. The van der Waals surface area contributed by atoms with Crippen LogP contribution >= 0.6 is 0 Å². The number of carbonyl (C=O) groups is 2. The number of urea groups is 1. The lowest BCUT2D eigenvalue weighted by Crippen LogP contribution is -2.47. The number of rotatable bonds is 4. The van der Waals surface area contributed by atoms with E-state index in [2.05, 4.69) is 10.6 Å². The van der Waals surface area contributed by atoms with Gasteiger partial charge in [0.2, 0.25) is 5.91 Å². The van der Waals surface area contributed by atoms with Crippen molar-refractivity contribution in [3.63, 3.8) is 0 Å². The Balaban J connectivity index is 1.64. The lowest BCUT2D eigenvalue weighted by atomic mass is 9.96. The van der Waals surface area contributed by atoms with Crippen LogP contribution in [0.2, 0.25) is 0 Å². The van der Waals surface area contributed by atoms with Crippen molar-refractivity contribution >= 4 is 11.9 Å². The van der Waals surface area contributed by atoms with E-state index in [-0.39, 0.29) is 37.0 Å². The first-order chi connectivity index (χ1) is 9.67. The number of hydrogen-bond donors (Lipinski definition) is 3. The van der Waals surface area contributed by atoms with Gasteiger partial charge in [-0.3, -0.25) is 15.0 Å². The second kappa shape index (κ2) is 7.59. The summed E-state index contributed by atoms with van der Waals surface area (Å²) in [5, 5.41) is 14.3. The van der Waals surface area contributed by atoms with Gasteiger partial charge in [-0.05, 0) is 31.7 Å². The Morgan fingerprint density at radius 2 is 1.90 bits per heavy atom. The van der Waals surface area contributed by atoms with Crippen LogP contribution in [0.3, 0.4) is 0 Å². The fraction of sp³-hybridized carbons (Fsp3) is 0.857. The van der Waals surface area contributed by atoms with E-state index in [4.69, 9.17) is 5.11 Å². The number of aliphatic hydroxyl groups excluding tert-OH is 1. The third-order valence-electron chi connectivity index (χ3n) is 4.19. The molecule has 6 nitrogen and oxygen atoms in total. The summed E-state index contributed by atoms with van der Waals surface area (Å²) in [5.74, 6) is -0.00392. The minimum Gasteiger partial charge on any atom is -0.396 e. The number of hydrogen-bond acceptors (Lipinski definition) is 4. The predicted octanol–water partition coefficient (Wildman–Crippen LogP) is 0.459. The van der Waals surface area contributed by atoms with E-state index in [0.717, 1.165) is 45.2 Å². The van der Waals surface area contributed by atoms with Gasteiger partial charge in [-0.2, -0.15) is 0 Å². The molecule has 6 heteroatoms. The van der Waals surface area contributed by atoms with Crippen molar-refractivity contribution in [1.82, 2.24) is 15.5 Å². The number of likely N-dealkylation sites (tertiary alicyclic amines) is 1. The van der Waals surface area contributed by atoms with Crippen molar-refractivity contribution in [2.24, 2.45) is 5.92 Å². The summed E-state index contributed by atoms with van der Waals surface area (Å²) in [5.41, 5.74) is 0. The molecule has 1 aliphatic heterocycles. The number of aliphatic hydroxyl groups is 1. The number of nitrogens with zero attached hydrogens (tertiary/aromatic N) is 1. The van der Waals surface area contributed by atoms with Crippen LogP contribution in [0.5, 0.6) is 0 Å². The van der Waals surface area contributed by atoms with Gasteiger partial charge in [0, 0.05) is 19.2 Å². The van der Waals surface area contributed by atoms with E-state index < -0.39 is 0 Å². The molecule has 1 saturated heterocycles. The summed E-state index contributed by atoms with van der Waals surface area (Å²) in [6.45, 7) is 1.94. The lowest BCUT2D eigenvalue weighted by Gasteiger charge is -2.23. The van der Waals surface area contributed by atoms with Gasteiger partial charge in [-0.15, -0.1) is 0 Å². The molecule has 2 fully saturated rings. The Hall–Kier alpha value is -1.14. The Labute approximate surface area is 119 Å². The first-order valence-corrected chi connectivity index (χ1v) is 7.61. The highest BCUT2D eigenvalue weighted by molar-refractivity contribution is 5.95. The van der Waals surface area contributed by atoms with Crippen LogP contribution in [-0.4, -0.2) is 54.2 Å². The summed E-state index contributed by atoms with van der Waals surface area (Å²) in [7, 11) is 0. The average molecular weight is 283 g/mol. The molecule has 0 aromatic heterocycles. The fourth-order valence-corrected chi connectivity index (χ4v) is 3.04. The second-order valence-corrected chi connectivity index (χ2v) is 5.93. The Bertz CT molecular complexity index is 343. The molecule has 0 spiro atoms. The third kappa shape index (κ3) is 4.76. The van der Waals surface area contributed by atoms with Gasteiger partial charge < -0.3 is 10.4 Å². The number of amides is 3. The van der Waals surface area contributed by atoms with Crippen molar-refractivity contribution in [3.05, 3.63) is 0 Å². The Morgan fingerprint density at radius 3 is 2.55 bits per heavy atom. The molecule has 1 aliphatic carbocycles. The molecule has 0 radical (unpaired) electrons. The summed E-state index contributed by atoms with van der Waals surface area (Å²) in [6.07, 6.45) is 6.46. The highest BCUT2D eigenvalue weighted by Gasteiger charge is 2.24. The molecule has 0 aromatic rings. The van der Waals surface area contributed by atoms with Gasteiger partial charge in [0.25, 0.3) is 0 Å². The maximum Gasteiger partial charge on any atom is 0.321 e. The standard InChI is InChI=1S/C14H25N3O3/c18-10-11-6-7-17(8-11)9-13(19)16-14(20)15-12-4-2-1-3-5-12/h11-12,18H,1-10H2,(H2,15,16,19,20). The SMILES string of the molecule is O=C(CN1CCC(CO)C1)NC(=O)NC1CCCCC1. The van der Waals surface area contributed by atoms with Crippen LogP contribution < -0.4 is 10.6 Å². The quantitative estimate of drug-likeness (QED) is 0.700. The maximum absolute atomic E-state index is 11.8. The van der Waals surface area contributed by atoms with Gasteiger partial charge in [0.1, 0.15) is 0 Å².